The lowest BCUT2D eigenvalue weighted by molar-refractivity contribution is 0.215. The van der Waals surface area contributed by atoms with Gasteiger partial charge < -0.3 is 10.2 Å². The Balaban J connectivity index is 1.70. The molecule has 1 heterocycles. The number of nitrogens with zero attached hydrogens (tertiary/aromatic N) is 2. The van der Waals surface area contributed by atoms with E-state index < -0.39 is 0 Å². The molecule has 0 saturated carbocycles. The Bertz CT molecular complexity index is 812. The number of nitrogens with one attached hydrogen (secondary N) is 1. The van der Waals surface area contributed by atoms with Crippen molar-refractivity contribution in [2.45, 2.75) is 13.3 Å². The number of aromatic nitrogens is 1. The van der Waals surface area contributed by atoms with Gasteiger partial charge in [0.25, 0.3) is 0 Å². The number of pyridine rings is 1. The molecular weight excluding hydrogens is 298 g/mol. The zero-order valence-electron chi connectivity index (χ0n) is 13.8. The summed E-state index contributed by atoms with van der Waals surface area (Å²) in [5, 5.41) is 5.22. The molecule has 3 rings (SSSR count). The molecule has 2 aromatic carbocycles. The van der Waals surface area contributed by atoms with Crippen molar-refractivity contribution >= 4 is 22.5 Å². The lowest BCUT2D eigenvalue weighted by atomic mass is 10.1. The van der Waals surface area contributed by atoms with E-state index >= 15 is 0 Å². The van der Waals surface area contributed by atoms with Gasteiger partial charge >= 0.3 is 6.03 Å². The molecule has 0 saturated heterocycles. The standard InChI is InChI=1S/C20H21N3O/c1-2-23(15-12-16-10-13-21-14-11-16)20(24)22-19-9-5-7-17-6-3-4-8-18(17)19/h3-11,13-14H,2,12,15H2,1H3,(H,22,24). The quantitative estimate of drug-likeness (QED) is 0.760. The number of benzene rings is 2. The average molecular weight is 319 g/mol. The molecule has 4 heteroatoms. The first-order valence-corrected chi connectivity index (χ1v) is 8.20. The highest BCUT2D eigenvalue weighted by atomic mass is 16.2. The highest BCUT2D eigenvalue weighted by Crippen LogP contribution is 2.23. The number of amides is 2. The van der Waals surface area contributed by atoms with E-state index in [9.17, 15) is 4.79 Å². The minimum Gasteiger partial charge on any atom is -0.324 e. The molecule has 0 bridgehead atoms. The minimum atomic E-state index is -0.0668. The molecule has 3 aromatic rings. The second-order valence-electron chi connectivity index (χ2n) is 5.64. The number of fused-ring (bicyclic) bond motifs is 1. The first-order chi connectivity index (χ1) is 11.8. The van der Waals surface area contributed by atoms with Crippen LogP contribution in [0.1, 0.15) is 12.5 Å². The lowest BCUT2D eigenvalue weighted by Crippen LogP contribution is -2.36. The summed E-state index contributed by atoms with van der Waals surface area (Å²) in [6, 6.07) is 17.9. The van der Waals surface area contributed by atoms with Gasteiger partial charge in [0.1, 0.15) is 0 Å². The maximum absolute atomic E-state index is 12.6. The fourth-order valence-corrected chi connectivity index (χ4v) is 2.75. The van der Waals surface area contributed by atoms with Gasteiger partial charge in [0.05, 0.1) is 5.69 Å². The van der Waals surface area contributed by atoms with E-state index in [0.29, 0.717) is 13.1 Å². The Labute approximate surface area is 142 Å². The van der Waals surface area contributed by atoms with Crippen LogP contribution in [-0.2, 0) is 6.42 Å². The van der Waals surface area contributed by atoms with E-state index in [0.717, 1.165) is 22.9 Å². The Morgan fingerprint density at radius 1 is 1.04 bits per heavy atom. The number of anilines is 1. The summed E-state index contributed by atoms with van der Waals surface area (Å²) in [6.45, 7) is 3.34. The van der Waals surface area contributed by atoms with Crippen molar-refractivity contribution in [1.29, 1.82) is 0 Å². The molecule has 0 aliphatic heterocycles. The third-order valence-electron chi connectivity index (χ3n) is 4.12. The minimum absolute atomic E-state index is 0.0668. The summed E-state index contributed by atoms with van der Waals surface area (Å²) in [7, 11) is 0. The second kappa shape index (κ2) is 7.59. The molecule has 1 N–H and O–H groups in total. The van der Waals surface area contributed by atoms with E-state index in [1.165, 1.54) is 5.56 Å². The lowest BCUT2D eigenvalue weighted by Gasteiger charge is -2.22. The Hall–Kier alpha value is -2.88. The van der Waals surface area contributed by atoms with Crippen LogP contribution in [0.15, 0.2) is 67.0 Å². The molecule has 0 aliphatic carbocycles. The first-order valence-electron chi connectivity index (χ1n) is 8.20. The van der Waals surface area contributed by atoms with E-state index in [1.54, 1.807) is 12.4 Å². The van der Waals surface area contributed by atoms with E-state index in [4.69, 9.17) is 0 Å². The number of hydrogen-bond acceptors (Lipinski definition) is 2. The molecular formula is C20H21N3O. The van der Waals surface area contributed by atoms with Crippen LogP contribution in [0.25, 0.3) is 10.8 Å². The average Bonchev–Trinajstić information content (AvgIpc) is 2.63. The fourth-order valence-electron chi connectivity index (χ4n) is 2.75. The molecule has 0 spiro atoms. The van der Waals surface area contributed by atoms with Crippen molar-refractivity contribution < 1.29 is 4.79 Å². The number of rotatable bonds is 5. The van der Waals surface area contributed by atoms with Crippen molar-refractivity contribution in [1.82, 2.24) is 9.88 Å². The number of likely N-dealkylation sites (N-methyl/N-ethyl adjacent to an activating group) is 1. The van der Waals surface area contributed by atoms with Crippen LogP contribution >= 0.6 is 0 Å². The van der Waals surface area contributed by atoms with E-state index in [-0.39, 0.29) is 6.03 Å². The Morgan fingerprint density at radius 3 is 2.58 bits per heavy atom. The number of carbonyl (C=O) groups is 1. The summed E-state index contributed by atoms with van der Waals surface area (Å²) in [5.74, 6) is 0. The zero-order chi connectivity index (χ0) is 16.8. The van der Waals surface area contributed by atoms with Crippen LogP contribution in [-0.4, -0.2) is 29.0 Å². The molecule has 0 unspecified atom stereocenters. The van der Waals surface area contributed by atoms with Crippen LogP contribution in [0.2, 0.25) is 0 Å². The normalized spacial score (nSPS) is 10.5. The van der Waals surface area contributed by atoms with Crippen molar-refractivity contribution in [3.05, 3.63) is 72.6 Å². The highest BCUT2D eigenvalue weighted by Gasteiger charge is 2.12. The van der Waals surface area contributed by atoms with Crippen LogP contribution in [0, 0.1) is 0 Å². The number of hydrogen-bond donors (Lipinski definition) is 1. The predicted molar refractivity (Wildman–Crippen MR) is 98.2 cm³/mol. The second-order valence-corrected chi connectivity index (χ2v) is 5.64. The highest BCUT2D eigenvalue weighted by molar-refractivity contribution is 6.01. The van der Waals surface area contributed by atoms with Crippen LogP contribution in [0.4, 0.5) is 10.5 Å². The topological polar surface area (TPSA) is 45.2 Å². The fraction of sp³-hybridized carbons (Fsp3) is 0.200. The molecule has 0 aliphatic rings. The molecule has 4 nitrogen and oxygen atoms in total. The van der Waals surface area contributed by atoms with Gasteiger partial charge in [-0.15, -0.1) is 0 Å². The SMILES string of the molecule is CCN(CCc1ccncc1)C(=O)Nc1cccc2ccccc12. The third-order valence-corrected chi connectivity index (χ3v) is 4.12. The van der Waals surface area contributed by atoms with Gasteiger partial charge in [-0.25, -0.2) is 4.79 Å². The number of urea groups is 1. The van der Waals surface area contributed by atoms with Crippen molar-refractivity contribution in [2.24, 2.45) is 0 Å². The molecule has 24 heavy (non-hydrogen) atoms. The van der Waals surface area contributed by atoms with Gasteiger partial charge in [-0.3, -0.25) is 4.98 Å². The van der Waals surface area contributed by atoms with Gasteiger partial charge in [0.2, 0.25) is 0 Å². The smallest absolute Gasteiger partial charge is 0.321 e. The van der Waals surface area contributed by atoms with E-state index in [2.05, 4.69) is 10.3 Å². The summed E-state index contributed by atoms with van der Waals surface area (Å²) in [6.07, 6.45) is 4.38. The summed E-state index contributed by atoms with van der Waals surface area (Å²) in [4.78, 5) is 18.5. The van der Waals surface area contributed by atoms with Gasteiger partial charge in [0.15, 0.2) is 0 Å². The van der Waals surface area contributed by atoms with Gasteiger partial charge in [0, 0.05) is 30.9 Å². The maximum Gasteiger partial charge on any atom is 0.321 e. The summed E-state index contributed by atoms with van der Waals surface area (Å²) in [5.41, 5.74) is 2.03. The van der Waals surface area contributed by atoms with Crippen LogP contribution < -0.4 is 5.32 Å². The maximum atomic E-state index is 12.6. The van der Waals surface area contributed by atoms with Crippen LogP contribution in [0.5, 0.6) is 0 Å². The van der Waals surface area contributed by atoms with Gasteiger partial charge in [-0.05, 0) is 42.5 Å². The number of carbonyl (C=O) groups excluding carboxylic acids is 1. The molecule has 1 aromatic heterocycles. The summed E-state index contributed by atoms with van der Waals surface area (Å²) >= 11 is 0. The molecule has 0 atom stereocenters. The van der Waals surface area contributed by atoms with Gasteiger partial charge in [-0.1, -0.05) is 36.4 Å². The van der Waals surface area contributed by atoms with Gasteiger partial charge in [-0.2, -0.15) is 0 Å². The largest absolute Gasteiger partial charge is 0.324 e. The third kappa shape index (κ3) is 3.71. The van der Waals surface area contributed by atoms with Crippen LogP contribution in [0.3, 0.4) is 0 Å². The monoisotopic (exact) mass is 319 g/mol. The molecule has 122 valence electrons. The Morgan fingerprint density at radius 2 is 1.79 bits per heavy atom. The van der Waals surface area contributed by atoms with E-state index in [1.807, 2.05) is 66.4 Å². The summed E-state index contributed by atoms with van der Waals surface area (Å²) < 4.78 is 0. The molecule has 0 radical (unpaired) electrons. The molecule has 2 amide bonds. The Kier molecular flexibility index (Phi) is 5.06. The van der Waals surface area contributed by atoms with Crippen molar-refractivity contribution in [3.8, 4) is 0 Å². The first kappa shape index (κ1) is 16.0. The van der Waals surface area contributed by atoms with Crippen molar-refractivity contribution in [3.63, 3.8) is 0 Å². The predicted octanol–water partition coefficient (Wildman–Crippen LogP) is 4.33. The molecule has 0 fully saturated rings. The zero-order valence-corrected chi connectivity index (χ0v) is 13.8. The van der Waals surface area contributed by atoms with Crippen molar-refractivity contribution in [2.75, 3.05) is 18.4 Å².